The van der Waals surface area contributed by atoms with Crippen LogP contribution in [0.15, 0.2) is 36.9 Å². The lowest BCUT2D eigenvalue weighted by atomic mass is 9.94. The fourth-order valence-electron chi connectivity index (χ4n) is 3.98. The third-order valence-electron chi connectivity index (χ3n) is 5.20. The Bertz CT molecular complexity index is 639. The minimum atomic E-state index is 0.500. The molecular weight excluding hydrogens is 302 g/mol. The summed E-state index contributed by atoms with van der Waals surface area (Å²) >= 11 is 0. The van der Waals surface area contributed by atoms with Crippen molar-refractivity contribution < 1.29 is 4.74 Å². The lowest BCUT2D eigenvalue weighted by Crippen LogP contribution is -2.50. The van der Waals surface area contributed by atoms with Crippen LogP contribution in [-0.2, 0) is 11.3 Å². The quantitative estimate of drug-likeness (QED) is 0.872. The molecule has 0 bridgehead atoms. The first-order valence-corrected chi connectivity index (χ1v) is 8.88. The largest absolute Gasteiger partial charge is 0.379 e. The number of rotatable bonds is 5. The maximum absolute atomic E-state index is 5.66. The van der Waals surface area contributed by atoms with Crippen LogP contribution >= 0.6 is 0 Å². The molecule has 1 aromatic heterocycles. The van der Waals surface area contributed by atoms with E-state index in [1.807, 2.05) is 0 Å². The first-order valence-electron chi connectivity index (χ1n) is 8.88. The molecule has 0 radical (unpaired) electrons. The van der Waals surface area contributed by atoms with Gasteiger partial charge in [0.1, 0.15) is 12.7 Å². The summed E-state index contributed by atoms with van der Waals surface area (Å²) in [4.78, 5) is 4.02. The molecule has 2 aliphatic rings. The lowest BCUT2D eigenvalue weighted by Gasteiger charge is -2.33. The van der Waals surface area contributed by atoms with Gasteiger partial charge < -0.3 is 15.4 Å². The Morgan fingerprint density at radius 3 is 3.17 bits per heavy atom. The van der Waals surface area contributed by atoms with Crippen molar-refractivity contribution in [2.24, 2.45) is 5.92 Å². The third-order valence-corrected chi connectivity index (χ3v) is 5.20. The van der Waals surface area contributed by atoms with Gasteiger partial charge in [-0.15, -0.1) is 0 Å². The molecule has 128 valence electrons. The van der Waals surface area contributed by atoms with E-state index in [0.29, 0.717) is 18.0 Å². The van der Waals surface area contributed by atoms with Crippen LogP contribution in [0.3, 0.4) is 0 Å². The van der Waals surface area contributed by atoms with Crippen molar-refractivity contribution in [2.45, 2.75) is 37.9 Å². The Morgan fingerprint density at radius 1 is 1.33 bits per heavy atom. The van der Waals surface area contributed by atoms with Crippen LogP contribution in [0.5, 0.6) is 0 Å². The summed E-state index contributed by atoms with van der Waals surface area (Å²) in [5.41, 5.74) is 2.33. The van der Waals surface area contributed by atoms with E-state index in [1.54, 1.807) is 17.3 Å². The molecule has 6 nitrogen and oxygen atoms in total. The highest BCUT2D eigenvalue weighted by Gasteiger charge is 2.34. The molecule has 4 rings (SSSR count). The van der Waals surface area contributed by atoms with Crippen molar-refractivity contribution in [3.05, 3.63) is 42.5 Å². The molecule has 0 spiro atoms. The first-order chi connectivity index (χ1) is 11.9. The highest BCUT2D eigenvalue weighted by Crippen LogP contribution is 2.29. The third kappa shape index (κ3) is 3.50. The number of nitrogens with one attached hydrogen (secondary N) is 2. The molecule has 1 aliphatic carbocycles. The molecular formula is C18H25N5O. The topological polar surface area (TPSA) is 64.0 Å². The highest BCUT2D eigenvalue weighted by molar-refractivity contribution is 5.34. The average Bonchev–Trinajstić information content (AvgIpc) is 3.33. The second-order valence-electron chi connectivity index (χ2n) is 6.73. The Kier molecular flexibility index (Phi) is 4.87. The van der Waals surface area contributed by atoms with E-state index >= 15 is 0 Å². The maximum atomic E-state index is 5.66. The molecule has 2 N–H and O–H groups in total. The molecule has 2 fully saturated rings. The summed E-state index contributed by atoms with van der Waals surface area (Å²) in [7, 11) is 0. The van der Waals surface area contributed by atoms with E-state index in [2.05, 4.69) is 45.0 Å². The molecule has 1 saturated heterocycles. The Balaban J connectivity index is 1.38. The van der Waals surface area contributed by atoms with Gasteiger partial charge in [0.15, 0.2) is 0 Å². The minimum Gasteiger partial charge on any atom is -0.379 e. The van der Waals surface area contributed by atoms with Crippen LogP contribution in [0.4, 0.5) is 0 Å². The van der Waals surface area contributed by atoms with Gasteiger partial charge in [0.2, 0.25) is 0 Å². The second kappa shape index (κ2) is 7.42. The zero-order valence-electron chi connectivity index (χ0n) is 13.9. The van der Waals surface area contributed by atoms with Crippen molar-refractivity contribution >= 4 is 0 Å². The summed E-state index contributed by atoms with van der Waals surface area (Å²) in [6.07, 6.45) is 7.14. The number of benzene rings is 1. The summed E-state index contributed by atoms with van der Waals surface area (Å²) in [6.45, 7) is 3.56. The van der Waals surface area contributed by atoms with E-state index in [-0.39, 0.29) is 0 Å². The Morgan fingerprint density at radius 2 is 2.33 bits per heavy atom. The zero-order chi connectivity index (χ0) is 16.2. The van der Waals surface area contributed by atoms with Crippen molar-refractivity contribution in [3.63, 3.8) is 0 Å². The fourth-order valence-corrected chi connectivity index (χ4v) is 3.98. The lowest BCUT2D eigenvalue weighted by molar-refractivity contribution is 0.0524. The van der Waals surface area contributed by atoms with Crippen LogP contribution in [0.2, 0.25) is 0 Å². The number of ether oxygens (including phenoxy) is 1. The summed E-state index contributed by atoms with van der Waals surface area (Å²) in [5, 5.41) is 11.6. The standard InChI is InChI=1S/C18H25N5O/c1-3-14(9-15(4-1)23-13-19-12-22-23)10-21-17-6-2-5-16(17)18-11-24-8-7-20-18/h1,3-4,9,12-13,16-18,20-21H,2,5-8,10-11H2. The Hall–Kier alpha value is -1.76. The van der Waals surface area contributed by atoms with Gasteiger partial charge in [-0.3, -0.25) is 0 Å². The smallest absolute Gasteiger partial charge is 0.138 e. The molecule has 6 heteroatoms. The van der Waals surface area contributed by atoms with Crippen molar-refractivity contribution in [3.8, 4) is 5.69 Å². The van der Waals surface area contributed by atoms with Crippen LogP contribution in [0.1, 0.15) is 24.8 Å². The van der Waals surface area contributed by atoms with E-state index in [9.17, 15) is 0 Å². The summed E-state index contributed by atoms with van der Waals surface area (Å²) in [5.74, 6) is 0.670. The van der Waals surface area contributed by atoms with Gasteiger partial charge >= 0.3 is 0 Å². The number of aromatic nitrogens is 3. The van der Waals surface area contributed by atoms with Gasteiger partial charge in [0.25, 0.3) is 0 Å². The number of hydrogen-bond donors (Lipinski definition) is 2. The second-order valence-corrected chi connectivity index (χ2v) is 6.73. The normalized spacial score (nSPS) is 27.4. The van der Waals surface area contributed by atoms with Gasteiger partial charge in [-0.2, -0.15) is 5.10 Å². The van der Waals surface area contributed by atoms with Gasteiger partial charge in [-0.05, 0) is 36.5 Å². The Labute approximate surface area is 142 Å². The molecule has 2 heterocycles. The summed E-state index contributed by atoms with van der Waals surface area (Å²) < 4.78 is 7.45. The predicted molar refractivity (Wildman–Crippen MR) is 91.9 cm³/mol. The van der Waals surface area contributed by atoms with Gasteiger partial charge in [0.05, 0.1) is 18.9 Å². The van der Waals surface area contributed by atoms with E-state index in [0.717, 1.165) is 32.0 Å². The van der Waals surface area contributed by atoms with Gasteiger partial charge in [-0.25, -0.2) is 9.67 Å². The molecule has 2 aromatic rings. The van der Waals surface area contributed by atoms with Crippen LogP contribution in [0, 0.1) is 5.92 Å². The van der Waals surface area contributed by atoms with E-state index in [1.165, 1.54) is 24.8 Å². The predicted octanol–water partition coefficient (Wildman–Crippen LogP) is 1.51. The van der Waals surface area contributed by atoms with Gasteiger partial charge in [-0.1, -0.05) is 18.6 Å². The maximum Gasteiger partial charge on any atom is 0.138 e. The number of hydrogen-bond acceptors (Lipinski definition) is 5. The summed E-state index contributed by atoms with van der Waals surface area (Å²) in [6, 6.07) is 9.54. The van der Waals surface area contributed by atoms with Gasteiger partial charge in [0, 0.05) is 25.2 Å². The van der Waals surface area contributed by atoms with Crippen LogP contribution < -0.4 is 10.6 Å². The molecule has 1 saturated carbocycles. The van der Waals surface area contributed by atoms with E-state index < -0.39 is 0 Å². The average molecular weight is 327 g/mol. The number of morpholine rings is 1. The molecule has 0 amide bonds. The molecule has 1 aliphatic heterocycles. The molecule has 3 atom stereocenters. The SMILES string of the molecule is c1cc(CNC2CCCC2C2COCCN2)cc(-n2cncn2)c1. The first kappa shape index (κ1) is 15.7. The molecule has 3 unspecified atom stereocenters. The minimum absolute atomic E-state index is 0.500. The van der Waals surface area contributed by atoms with Crippen molar-refractivity contribution in [1.29, 1.82) is 0 Å². The zero-order valence-corrected chi connectivity index (χ0v) is 13.9. The fraction of sp³-hybridized carbons (Fsp3) is 0.556. The molecule has 24 heavy (non-hydrogen) atoms. The number of nitrogens with zero attached hydrogens (tertiary/aromatic N) is 3. The monoisotopic (exact) mass is 327 g/mol. The highest BCUT2D eigenvalue weighted by atomic mass is 16.5. The van der Waals surface area contributed by atoms with Crippen molar-refractivity contribution in [2.75, 3.05) is 19.8 Å². The van der Waals surface area contributed by atoms with Crippen molar-refractivity contribution in [1.82, 2.24) is 25.4 Å². The molecule has 1 aromatic carbocycles. The van der Waals surface area contributed by atoms with Crippen LogP contribution in [0.25, 0.3) is 5.69 Å². The van der Waals surface area contributed by atoms with Crippen LogP contribution in [-0.4, -0.2) is 46.6 Å². The van der Waals surface area contributed by atoms with E-state index in [4.69, 9.17) is 4.74 Å².